The average Bonchev–Trinajstić information content (AvgIpc) is 2.69. The van der Waals surface area contributed by atoms with Crippen molar-refractivity contribution in [3.05, 3.63) is 0 Å². The largest absolute Gasteiger partial charge is 0.385 e. The molecule has 1 aliphatic carbocycles. The lowest BCUT2D eigenvalue weighted by Crippen LogP contribution is -2.14. The molecule has 15 heavy (non-hydrogen) atoms. The number of unbranched alkanes of at least 4 members (excludes halogenated alkanes) is 1. The molecule has 1 aliphatic rings. The standard InChI is InChI=1S/C13H23NO/c1-3-12-6-8-13(10-12,11-14)7-4-5-9-15-2/h12H,3-10H2,1-2H3. The molecule has 1 fully saturated rings. The first-order valence-electron chi connectivity index (χ1n) is 6.16. The summed E-state index contributed by atoms with van der Waals surface area (Å²) in [5, 5.41) is 9.31. The highest BCUT2D eigenvalue weighted by molar-refractivity contribution is 5.03. The number of ether oxygens (including phenoxy) is 1. The lowest BCUT2D eigenvalue weighted by Gasteiger charge is -2.20. The van der Waals surface area contributed by atoms with E-state index in [2.05, 4.69) is 13.0 Å². The number of hydrogen-bond acceptors (Lipinski definition) is 2. The third kappa shape index (κ3) is 3.50. The van der Waals surface area contributed by atoms with Crippen molar-refractivity contribution >= 4 is 0 Å². The molecule has 0 saturated heterocycles. The van der Waals surface area contributed by atoms with Crippen molar-refractivity contribution in [3.63, 3.8) is 0 Å². The third-order valence-corrected chi connectivity index (χ3v) is 3.78. The number of nitriles is 1. The molecule has 0 bridgehead atoms. The van der Waals surface area contributed by atoms with E-state index in [0.717, 1.165) is 44.6 Å². The van der Waals surface area contributed by atoms with Crippen LogP contribution in [0.5, 0.6) is 0 Å². The zero-order chi connectivity index (χ0) is 11.1. The van der Waals surface area contributed by atoms with Gasteiger partial charge in [0.2, 0.25) is 0 Å². The molecule has 86 valence electrons. The van der Waals surface area contributed by atoms with Gasteiger partial charge in [0.05, 0.1) is 11.5 Å². The van der Waals surface area contributed by atoms with Crippen LogP contribution in [-0.2, 0) is 4.74 Å². The van der Waals surface area contributed by atoms with E-state index in [1.165, 1.54) is 12.8 Å². The van der Waals surface area contributed by atoms with Gasteiger partial charge in [0, 0.05) is 13.7 Å². The minimum absolute atomic E-state index is 0.00835. The van der Waals surface area contributed by atoms with E-state index in [1.54, 1.807) is 7.11 Å². The number of nitrogens with zero attached hydrogens (tertiary/aromatic N) is 1. The predicted octanol–water partition coefficient (Wildman–Crippen LogP) is 3.52. The lowest BCUT2D eigenvalue weighted by atomic mass is 9.81. The third-order valence-electron chi connectivity index (χ3n) is 3.78. The summed E-state index contributed by atoms with van der Waals surface area (Å²) < 4.78 is 5.03. The van der Waals surface area contributed by atoms with Gasteiger partial charge in [0.25, 0.3) is 0 Å². The molecule has 1 saturated carbocycles. The molecule has 0 radical (unpaired) electrons. The van der Waals surface area contributed by atoms with Gasteiger partial charge >= 0.3 is 0 Å². The van der Waals surface area contributed by atoms with Crippen LogP contribution < -0.4 is 0 Å². The molecule has 0 aromatic carbocycles. The molecule has 0 N–H and O–H groups in total. The van der Waals surface area contributed by atoms with Crippen LogP contribution in [0, 0.1) is 22.7 Å². The van der Waals surface area contributed by atoms with Crippen LogP contribution in [0.3, 0.4) is 0 Å². The first-order chi connectivity index (χ1) is 7.26. The van der Waals surface area contributed by atoms with Crippen LogP contribution in [0.25, 0.3) is 0 Å². The Morgan fingerprint density at radius 1 is 1.47 bits per heavy atom. The normalized spacial score (nSPS) is 30.3. The topological polar surface area (TPSA) is 33.0 Å². The van der Waals surface area contributed by atoms with Crippen LogP contribution in [0.1, 0.15) is 51.9 Å². The first kappa shape index (κ1) is 12.5. The second-order valence-corrected chi connectivity index (χ2v) is 4.86. The average molecular weight is 209 g/mol. The van der Waals surface area contributed by atoms with Gasteiger partial charge in [-0.3, -0.25) is 0 Å². The molecule has 2 atom stereocenters. The molecular formula is C13H23NO. The van der Waals surface area contributed by atoms with Crippen molar-refractivity contribution in [2.45, 2.75) is 51.9 Å². The van der Waals surface area contributed by atoms with Crippen molar-refractivity contribution in [2.75, 3.05) is 13.7 Å². The van der Waals surface area contributed by atoms with E-state index < -0.39 is 0 Å². The van der Waals surface area contributed by atoms with E-state index in [0.29, 0.717) is 0 Å². The SMILES string of the molecule is CCC1CCC(C#N)(CCCCOC)C1. The molecule has 0 spiro atoms. The number of hydrogen-bond donors (Lipinski definition) is 0. The molecule has 0 aromatic heterocycles. The number of methoxy groups -OCH3 is 1. The monoisotopic (exact) mass is 209 g/mol. The Bertz CT molecular complexity index is 221. The highest BCUT2D eigenvalue weighted by Gasteiger charge is 2.37. The molecule has 0 aromatic rings. The highest BCUT2D eigenvalue weighted by Crippen LogP contribution is 2.45. The maximum Gasteiger partial charge on any atom is 0.0689 e. The van der Waals surface area contributed by atoms with Gasteiger partial charge in [-0.15, -0.1) is 0 Å². The van der Waals surface area contributed by atoms with Crippen molar-refractivity contribution in [1.29, 1.82) is 5.26 Å². The van der Waals surface area contributed by atoms with Gasteiger partial charge in [-0.25, -0.2) is 0 Å². The molecular weight excluding hydrogens is 186 g/mol. The van der Waals surface area contributed by atoms with Gasteiger partial charge in [-0.05, 0) is 44.4 Å². The van der Waals surface area contributed by atoms with E-state index in [1.807, 2.05) is 0 Å². The summed E-state index contributed by atoms with van der Waals surface area (Å²) in [5.74, 6) is 0.798. The van der Waals surface area contributed by atoms with Crippen LogP contribution in [0.15, 0.2) is 0 Å². The van der Waals surface area contributed by atoms with Gasteiger partial charge in [0.15, 0.2) is 0 Å². The smallest absolute Gasteiger partial charge is 0.0689 e. The fourth-order valence-corrected chi connectivity index (χ4v) is 2.68. The summed E-state index contributed by atoms with van der Waals surface area (Å²) in [5.41, 5.74) is 0.00835. The van der Waals surface area contributed by atoms with Crippen LogP contribution in [0.4, 0.5) is 0 Å². The van der Waals surface area contributed by atoms with Crippen LogP contribution in [0.2, 0.25) is 0 Å². The maximum atomic E-state index is 9.31. The zero-order valence-electron chi connectivity index (χ0n) is 10.1. The Morgan fingerprint density at radius 3 is 2.80 bits per heavy atom. The molecule has 0 amide bonds. The Kier molecular flexibility index (Phi) is 5.11. The van der Waals surface area contributed by atoms with Crippen LogP contribution in [-0.4, -0.2) is 13.7 Å². The summed E-state index contributed by atoms with van der Waals surface area (Å²) in [4.78, 5) is 0. The van der Waals surface area contributed by atoms with Gasteiger partial charge in [-0.1, -0.05) is 13.3 Å². The van der Waals surface area contributed by atoms with Crippen molar-refractivity contribution in [3.8, 4) is 6.07 Å². The van der Waals surface area contributed by atoms with Crippen molar-refractivity contribution in [2.24, 2.45) is 11.3 Å². The van der Waals surface area contributed by atoms with Gasteiger partial charge in [-0.2, -0.15) is 5.26 Å². The Labute approximate surface area is 93.6 Å². The van der Waals surface area contributed by atoms with Gasteiger partial charge < -0.3 is 4.74 Å². The predicted molar refractivity (Wildman–Crippen MR) is 61.4 cm³/mol. The summed E-state index contributed by atoms with van der Waals surface area (Å²) >= 11 is 0. The lowest BCUT2D eigenvalue weighted by molar-refractivity contribution is 0.187. The summed E-state index contributed by atoms with van der Waals surface area (Å²) in [6.45, 7) is 3.07. The number of rotatable bonds is 6. The summed E-state index contributed by atoms with van der Waals surface area (Å²) in [6.07, 6.45) is 8.05. The van der Waals surface area contributed by atoms with Crippen molar-refractivity contribution in [1.82, 2.24) is 0 Å². The Hall–Kier alpha value is -0.550. The van der Waals surface area contributed by atoms with E-state index >= 15 is 0 Å². The Balaban J connectivity index is 2.32. The second kappa shape index (κ2) is 6.12. The van der Waals surface area contributed by atoms with E-state index in [4.69, 9.17) is 4.74 Å². The molecule has 0 heterocycles. The maximum absolute atomic E-state index is 9.31. The molecule has 0 aliphatic heterocycles. The van der Waals surface area contributed by atoms with Crippen LogP contribution >= 0.6 is 0 Å². The Morgan fingerprint density at radius 2 is 2.27 bits per heavy atom. The summed E-state index contributed by atoms with van der Waals surface area (Å²) in [6, 6.07) is 2.58. The summed E-state index contributed by atoms with van der Waals surface area (Å²) in [7, 11) is 1.74. The van der Waals surface area contributed by atoms with E-state index in [9.17, 15) is 5.26 Å². The molecule has 1 rings (SSSR count). The molecule has 2 heteroatoms. The minimum atomic E-state index is 0.00835. The fourth-order valence-electron chi connectivity index (χ4n) is 2.68. The fraction of sp³-hybridized carbons (Fsp3) is 0.923. The zero-order valence-corrected chi connectivity index (χ0v) is 10.1. The first-order valence-corrected chi connectivity index (χ1v) is 6.16. The molecule has 2 unspecified atom stereocenters. The second-order valence-electron chi connectivity index (χ2n) is 4.86. The minimum Gasteiger partial charge on any atom is -0.385 e. The van der Waals surface area contributed by atoms with Gasteiger partial charge in [0.1, 0.15) is 0 Å². The van der Waals surface area contributed by atoms with E-state index in [-0.39, 0.29) is 5.41 Å². The quantitative estimate of drug-likeness (QED) is 0.627. The van der Waals surface area contributed by atoms with Crippen molar-refractivity contribution < 1.29 is 4.74 Å². The highest BCUT2D eigenvalue weighted by atomic mass is 16.5. The molecule has 2 nitrogen and oxygen atoms in total.